The lowest BCUT2D eigenvalue weighted by Gasteiger charge is -2.49. The molecule has 2 bridgehead atoms. The topological polar surface area (TPSA) is 47.9 Å². The van der Waals surface area contributed by atoms with Crippen molar-refractivity contribution in [3.8, 4) is 11.5 Å². The molecule has 2 heterocycles. The normalized spacial score (nSPS) is 34.4. The average Bonchev–Trinajstić information content (AvgIpc) is 2.82. The van der Waals surface area contributed by atoms with Crippen LogP contribution in [-0.4, -0.2) is 31.0 Å². The van der Waals surface area contributed by atoms with Crippen molar-refractivity contribution in [1.82, 2.24) is 0 Å². The number of hydrogen-bond acceptors (Lipinski definition) is 4. The molecule has 4 atom stereocenters. The third-order valence-corrected chi connectivity index (χ3v) is 7.06. The molecular formula is C22H32O4. The Hall–Kier alpha value is -1.26. The van der Waals surface area contributed by atoms with Crippen LogP contribution in [0.25, 0.3) is 0 Å². The van der Waals surface area contributed by atoms with Gasteiger partial charge in [-0.25, -0.2) is 0 Å². The quantitative estimate of drug-likeness (QED) is 0.869. The van der Waals surface area contributed by atoms with Crippen molar-refractivity contribution in [2.45, 2.75) is 77.1 Å². The summed E-state index contributed by atoms with van der Waals surface area (Å²) in [6, 6.07) is 2.19. The van der Waals surface area contributed by atoms with Gasteiger partial charge in [0.25, 0.3) is 0 Å². The highest BCUT2D eigenvalue weighted by Crippen LogP contribution is 2.63. The van der Waals surface area contributed by atoms with Crippen LogP contribution in [0.15, 0.2) is 6.07 Å². The molecule has 1 spiro atoms. The van der Waals surface area contributed by atoms with E-state index in [9.17, 15) is 5.11 Å². The average molecular weight is 360 g/mol. The molecule has 1 aromatic carbocycles. The number of aliphatic hydroxyl groups excluding tert-OH is 1. The first-order chi connectivity index (χ1) is 12.3. The molecule has 0 aromatic heterocycles. The van der Waals surface area contributed by atoms with Crippen molar-refractivity contribution >= 4 is 0 Å². The highest BCUT2D eigenvalue weighted by molar-refractivity contribution is 5.59. The zero-order valence-electron chi connectivity index (χ0n) is 16.9. The molecule has 3 aliphatic rings. The summed E-state index contributed by atoms with van der Waals surface area (Å²) in [7, 11) is 3.43. The molecule has 0 unspecified atom stereocenters. The van der Waals surface area contributed by atoms with E-state index >= 15 is 0 Å². The van der Waals surface area contributed by atoms with E-state index in [1.807, 2.05) is 0 Å². The number of methoxy groups -OCH3 is 2. The summed E-state index contributed by atoms with van der Waals surface area (Å²) in [4.78, 5) is 0. The van der Waals surface area contributed by atoms with Crippen LogP contribution < -0.4 is 9.47 Å². The van der Waals surface area contributed by atoms with Crippen LogP contribution in [0, 0.1) is 11.3 Å². The van der Waals surface area contributed by atoms with E-state index in [1.165, 1.54) is 5.56 Å². The third-order valence-electron chi connectivity index (χ3n) is 7.06. The van der Waals surface area contributed by atoms with Gasteiger partial charge in [-0.15, -0.1) is 0 Å². The van der Waals surface area contributed by atoms with Crippen LogP contribution in [0.3, 0.4) is 0 Å². The molecule has 4 heteroatoms. The van der Waals surface area contributed by atoms with Gasteiger partial charge in [-0.2, -0.15) is 0 Å². The molecule has 1 aliphatic carbocycles. The lowest BCUT2D eigenvalue weighted by atomic mass is 9.59. The van der Waals surface area contributed by atoms with Crippen molar-refractivity contribution in [3.63, 3.8) is 0 Å². The molecule has 26 heavy (non-hydrogen) atoms. The Balaban J connectivity index is 1.92. The Bertz CT molecular complexity index is 723. The summed E-state index contributed by atoms with van der Waals surface area (Å²) in [6.45, 7) is 8.88. The minimum Gasteiger partial charge on any atom is -0.493 e. The Labute approximate surface area is 156 Å². The first kappa shape index (κ1) is 18.1. The Morgan fingerprint density at radius 3 is 2.46 bits per heavy atom. The number of aliphatic hydroxyl groups is 1. The molecule has 0 radical (unpaired) electrons. The van der Waals surface area contributed by atoms with E-state index < -0.39 is 6.10 Å². The summed E-state index contributed by atoms with van der Waals surface area (Å²) >= 11 is 0. The van der Waals surface area contributed by atoms with Crippen LogP contribution in [0.5, 0.6) is 11.5 Å². The van der Waals surface area contributed by atoms with E-state index in [0.29, 0.717) is 5.92 Å². The van der Waals surface area contributed by atoms with Gasteiger partial charge in [-0.05, 0) is 35.8 Å². The van der Waals surface area contributed by atoms with Crippen molar-refractivity contribution < 1.29 is 19.3 Å². The van der Waals surface area contributed by atoms with Gasteiger partial charge in [0.1, 0.15) is 6.10 Å². The lowest BCUT2D eigenvalue weighted by Crippen LogP contribution is -2.51. The number of benzene rings is 1. The second kappa shape index (κ2) is 5.87. The second-order valence-electron chi connectivity index (χ2n) is 9.35. The molecule has 1 saturated carbocycles. The summed E-state index contributed by atoms with van der Waals surface area (Å²) in [5.41, 5.74) is 3.17. The summed E-state index contributed by atoms with van der Waals surface area (Å²) < 4.78 is 18.2. The fourth-order valence-corrected chi connectivity index (χ4v) is 6.07. The van der Waals surface area contributed by atoms with Gasteiger partial charge in [-0.3, -0.25) is 0 Å². The Morgan fingerprint density at radius 2 is 1.85 bits per heavy atom. The van der Waals surface area contributed by atoms with Gasteiger partial charge in [0.15, 0.2) is 11.5 Å². The lowest BCUT2D eigenvalue weighted by molar-refractivity contribution is -0.114. The number of ether oxygens (including phenoxy) is 3. The maximum atomic E-state index is 11.3. The van der Waals surface area contributed by atoms with E-state index in [-0.39, 0.29) is 23.0 Å². The predicted octanol–water partition coefficient (Wildman–Crippen LogP) is 4.38. The van der Waals surface area contributed by atoms with Crippen LogP contribution in [0.1, 0.15) is 75.7 Å². The smallest absolute Gasteiger partial charge is 0.164 e. The highest BCUT2D eigenvalue weighted by Gasteiger charge is 2.64. The summed E-state index contributed by atoms with van der Waals surface area (Å²) in [5.74, 6) is 2.12. The van der Waals surface area contributed by atoms with Crippen LogP contribution >= 0.6 is 0 Å². The fourth-order valence-electron chi connectivity index (χ4n) is 6.07. The molecule has 2 aliphatic heterocycles. The van der Waals surface area contributed by atoms with Crippen molar-refractivity contribution in [2.75, 3.05) is 14.2 Å². The molecular weight excluding hydrogens is 328 g/mol. The van der Waals surface area contributed by atoms with Crippen LogP contribution in [-0.2, 0) is 11.2 Å². The number of rotatable bonds is 3. The standard InChI is InChI=1S/C22H32O4/c1-12(2)13-10-14-15(19(25-6)18(13)24-5)11-22-9-7-8-21(3,4)20(22)16(23)17(14)26-22/h10,12,16-17,20,23H,7-9,11H2,1-6H3/t16-,17+,20-,22-/m0/s1. The molecule has 1 N–H and O–H groups in total. The SMILES string of the molecule is COc1c(C(C)C)cc2c(c1OC)C[C@@]13CCCC(C)(C)[C@@H]1[C@@H](O)[C@@H]2O3. The van der Waals surface area contributed by atoms with Crippen molar-refractivity contribution in [1.29, 1.82) is 0 Å². The predicted molar refractivity (Wildman–Crippen MR) is 101 cm³/mol. The monoisotopic (exact) mass is 360 g/mol. The summed E-state index contributed by atoms with van der Waals surface area (Å²) in [5, 5.41) is 11.3. The van der Waals surface area contributed by atoms with Crippen LogP contribution in [0.2, 0.25) is 0 Å². The molecule has 0 amide bonds. The largest absolute Gasteiger partial charge is 0.493 e. The van der Waals surface area contributed by atoms with Crippen LogP contribution in [0.4, 0.5) is 0 Å². The molecule has 2 fully saturated rings. The van der Waals surface area contributed by atoms with E-state index in [4.69, 9.17) is 14.2 Å². The fraction of sp³-hybridized carbons (Fsp3) is 0.727. The van der Waals surface area contributed by atoms with Crippen molar-refractivity contribution in [2.24, 2.45) is 11.3 Å². The molecule has 1 aromatic rings. The van der Waals surface area contributed by atoms with Gasteiger partial charge < -0.3 is 19.3 Å². The minimum atomic E-state index is -0.468. The van der Waals surface area contributed by atoms with Gasteiger partial charge in [0, 0.05) is 23.5 Å². The summed E-state index contributed by atoms with van der Waals surface area (Å²) in [6.07, 6.45) is 3.35. The zero-order valence-corrected chi connectivity index (χ0v) is 16.9. The third kappa shape index (κ3) is 2.27. The maximum Gasteiger partial charge on any atom is 0.164 e. The van der Waals surface area contributed by atoms with Crippen molar-refractivity contribution in [3.05, 3.63) is 22.8 Å². The Morgan fingerprint density at radius 1 is 1.15 bits per heavy atom. The van der Waals surface area contributed by atoms with E-state index in [0.717, 1.165) is 48.3 Å². The molecule has 4 nitrogen and oxygen atoms in total. The second-order valence-corrected chi connectivity index (χ2v) is 9.35. The highest BCUT2D eigenvalue weighted by atomic mass is 16.5. The Kier molecular flexibility index (Phi) is 4.09. The van der Waals surface area contributed by atoms with Gasteiger partial charge in [0.2, 0.25) is 0 Å². The molecule has 144 valence electrons. The van der Waals surface area contributed by atoms with E-state index in [2.05, 4.69) is 33.8 Å². The van der Waals surface area contributed by atoms with Gasteiger partial charge in [-0.1, -0.05) is 34.1 Å². The number of fused-ring (bicyclic) bond motifs is 3. The van der Waals surface area contributed by atoms with Gasteiger partial charge >= 0.3 is 0 Å². The molecule has 1 saturated heterocycles. The first-order valence-corrected chi connectivity index (χ1v) is 9.89. The molecule has 4 rings (SSSR count). The number of hydrogen-bond donors (Lipinski definition) is 1. The maximum absolute atomic E-state index is 11.3. The zero-order chi connectivity index (χ0) is 18.9. The van der Waals surface area contributed by atoms with Gasteiger partial charge in [0.05, 0.1) is 25.9 Å². The van der Waals surface area contributed by atoms with E-state index in [1.54, 1.807) is 14.2 Å². The first-order valence-electron chi connectivity index (χ1n) is 9.89. The minimum absolute atomic E-state index is 0.0761.